The number of benzene rings is 1. The van der Waals surface area contributed by atoms with E-state index in [0.29, 0.717) is 56.2 Å². The Kier molecular flexibility index (Phi) is 8.80. The van der Waals surface area contributed by atoms with Gasteiger partial charge in [0.1, 0.15) is 17.8 Å². The number of amides is 1. The summed E-state index contributed by atoms with van der Waals surface area (Å²) in [5.41, 5.74) is 1.16. The number of alkyl halides is 2. The van der Waals surface area contributed by atoms with Gasteiger partial charge >= 0.3 is 6.61 Å². The molecule has 0 aliphatic carbocycles. The number of nitrogens with zero attached hydrogens (tertiary/aromatic N) is 7. The Morgan fingerprint density at radius 3 is 2.52 bits per heavy atom. The molecule has 1 aliphatic heterocycles. The van der Waals surface area contributed by atoms with Crippen molar-refractivity contribution in [3.63, 3.8) is 0 Å². The van der Waals surface area contributed by atoms with Gasteiger partial charge in [0.2, 0.25) is 5.95 Å². The van der Waals surface area contributed by atoms with Gasteiger partial charge in [-0.05, 0) is 37.0 Å². The van der Waals surface area contributed by atoms with Crippen molar-refractivity contribution in [2.75, 3.05) is 38.2 Å². The van der Waals surface area contributed by atoms with Crippen LogP contribution >= 0.6 is 0 Å². The zero-order chi connectivity index (χ0) is 29.8. The smallest absolute Gasteiger partial charge is 0.387 e. The Labute approximate surface area is 238 Å². The van der Waals surface area contributed by atoms with Crippen molar-refractivity contribution < 1.29 is 32.2 Å². The van der Waals surface area contributed by atoms with Crippen molar-refractivity contribution >= 4 is 22.9 Å². The summed E-state index contributed by atoms with van der Waals surface area (Å²) in [4.78, 5) is 32.7. The molecule has 42 heavy (non-hydrogen) atoms. The SMILES string of the molecule is CN(CCCO)C(=O)c1ccc(Cc2ncnc3c2c(F)cn3C2CCN(c3ncc(OC(F)F)cn3)CC2)c(F)c1. The average molecular weight is 588 g/mol. The summed E-state index contributed by atoms with van der Waals surface area (Å²) in [6.07, 6.45) is 6.76. The number of aliphatic hydroxyl groups excluding tert-OH is 1. The molecule has 0 saturated carbocycles. The molecule has 1 aliphatic rings. The minimum absolute atomic E-state index is 0.00165. The summed E-state index contributed by atoms with van der Waals surface area (Å²) < 4.78 is 61.2. The van der Waals surface area contributed by atoms with E-state index in [1.165, 1.54) is 42.0 Å². The monoisotopic (exact) mass is 587 g/mol. The Balaban J connectivity index is 1.29. The van der Waals surface area contributed by atoms with Gasteiger partial charge < -0.3 is 24.2 Å². The van der Waals surface area contributed by atoms with Crippen LogP contribution < -0.4 is 9.64 Å². The first-order chi connectivity index (χ1) is 20.2. The van der Waals surface area contributed by atoms with Crippen LogP contribution in [0.4, 0.5) is 23.5 Å². The van der Waals surface area contributed by atoms with Crippen LogP contribution in [0.3, 0.4) is 0 Å². The molecule has 4 heterocycles. The third-order valence-electron chi connectivity index (χ3n) is 7.28. The highest BCUT2D eigenvalue weighted by Gasteiger charge is 2.26. The van der Waals surface area contributed by atoms with Crippen LogP contribution in [0.2, 0.25) is 0 Å². The molecule has 5 rings (SSSR count). The summed E-state index contributed by atoms with van der Waals surface area (Å²) in [6, 6.07) is 4.09. The lowest BCUT2D eigenvalue weighted by atomic mass is 10.0. The second-order valence-electron chi connectivity index (χ2n) is 10.0. The number of carbonyl (C=O) groups is 1. The van der Waals surface area contributed by atoms with Gasteiger partial charge in [0.15, 0.2) is 11.6 Å². The molecule has 1 N–H and O–H groups in total. The number of hydrogen-bond donors (Lipinski definition) is 1. The number of rotatable bonds is 10. The molecule has 222 valence electrons. The van der Waals surface area contributed by atoms with Crippen molar-refractivity contribution in [3.8, 4) is 5.75 Å². The van der Waals surface area contributed by atoms with E-state index in [1.54, 1.807) is 11.6 Å². The molecule has 0 spiro atoms. The van der Waals surface area contributed by atoms with Crippen LogP contribution in [0.5, 0.6) is 5.75 Å². The van der Waals surface area contributed by atoms with Crippen molar-refractivity contribution in [3.05, 3.63) is 71.6 Å². The van der Waals surface area contributed by atoms with E-state index < -0.39 is 18.2 Å². The molecule has 1 saturated heterocycles. The van der Waals surface area contributed by atoms with E-state index in [1.807, 2.05) is 4.90 Å². The maximum Gasteiger partial charge on any atom is 0.387 e. The highest BCUT2D eigenvalue weighted by Crippen LogP contribution is 2.31. The lowest BCUT2D eigenvalue weighted by Gasteiger charge is -2.32. The van der Waals surface area contributed by atoms with Gasteiger partial charge in [-0.1, -0.05) is 6.07 Å². The predicted octanol–water partition coefficient (Wildman–Crippen LogP) is 3.99. The van der Waals surface area contributed by atoms with Crippen LogP contribution in [0, 0.1) is 11.6 Å². The van der Waals surface area contributed by atoms with Crippen molar-refractivity contribution in [2.24, 2.45) is 0 Å². The first kappa shape index (κ1) is 29.2. The first-order valence-corrected chi connectivity index (χ1v) is 13.4. The molecule has 0 radical (unpaired) electrons. The highest BCUT2D eigenvalue weighted by molar-refractivity contribution is 5.94. The molecule has 0 atom stereocenters. The van der Waals surface area contributed by atoms with Gasteiger partial charge in [0, 0.05) is 57.5 Å². The summed E-state index contributed by atoms with van der Waals surface area (Å²) >= 11 is 0. The van der Waals surface area contributed by atoms with Crippen LogP contribution in [0.25, 0.3) is 11.0 Å². The summed E-state index contributed by atoms with van der Waals surface area (Å²) in [7, 11) is 1.58. The van der Waals surface area contributed by atoms with Crippen molar-refractivity contribution in [1.82, 2.24) is 29.4 Å². The number of hydrogen-bond acceptors (Lipinski definition) is 8. The predicted molar refractivity (Wildman–Crippen MR) is 145 cm³/mol. The minimum atomic E-state index is -2.96. The van der Waals surface area contributed by atoms with Gasteiger partial charge in [-0.2, -0.15) is 8.78 Å². The Bertz CT molecular complexity index is 1540. The lowest BCUT2D eigenvalue weighted by Crippen LogP contribution is -2.35. The fraction of sp³-hybridized carbons (Fsp3) is 0.393. The lowest BCUT2D eigenvalue weighted by molar-refractivity contribution is -0.0503. The maximum absolute atomic E-state index is 15.3. The number of halogens is 4. The van der Waals surface area contributed by atoms with E-state index >= 15 is 8.78 Å². The van der Waals surface area contributed by atoms with Crippen molar-refractivity contribution in [2.45, 2.75) is 38.3 Å². The Morgan fingerprint density at radius 1 is 1.12 bits per heavy atom. The molecule has 10 nitrogen and oxygen atoms in total. The fourth-order valence-corrected chi connectivity index (χ4v) is 5.13. The number of anilines is 1. The first-order valence-electron chi connectivity index (χ1n) is 13.4. The number of fused-ring (bicyclic) bond motifs is 1. The van der Waals surface area contributed by atoms with Crippen molar-refractivity contribution in [1.29, 1.82) is 0 Å². The molecule has 3 aromatic heterocycles. The van der Waals surface area contributed by atoms with Gasteiger partial charge in [-0.15, -0.1) is 0 Å². The maximum atomic E-state index is 15.3. The largest absolute Gasteiger partial charge is 0.432 e. The number of piperidine rings is 1. The van der Waals surface area contributed by atoms with E-state index in [0.717, 1.165) is 6.07 Å². The van der Waals surface area contributed by atoms with Gasteiger partial charge in [0.05, 0.1) is 23.5 Å². The molecule has 1 fully saturated rings. The summed E-state index contributed by atoms with van der Waals surface area (Å²) in [6.45, 7) is -1.58. The second-order valence-corrected chi connectivity index (χ2v) is 10.0. The topological polar surface area (TPSA) is 110 Å². The van der Waals surface area contributed by atoms with E-state index in [9.17, 15) is 13.6 Å². The number of aliphatic hydroxyl groups is 1. The van der Waals surface area contributed by atoms with E-state index in [4.69, 9.17) is 5.11 Å². The fourth-order valence-electron chi connectivity index (χ4n) is 5.13. The standard InChI is InChI=1S/C28H29F4N7O3/c1-37(7-2-10-40)26(41)18-4-3-17(21(29)11-18)12-23-24-22(30)15-39(25(24)36-16-35-23)19-5-8-38(9-6-19)28-33-13-20(14-34-28)42-27(31)32/h3-4,11,13-16,19,27,40H,2,5-10,12H2,1H3. The van der Waals surface area contributed by atoms with E-state index in [2.05, 4.69) is 24.7 Å². The molecule has 0 unspecified atom stereocenters. The molecule has 14 heteroatoms. The number of aromatic nitrogens is 5. The highest BCUT2D eigenvalue weighted by atomic mass is 19.3. The third kappa shape index (κ3) is 6.27. The molecular weight excluding hydrogens is 558 g/mol. The number of ether oxygens (including phenoxy) is 1. The molecule has 0 bridgehead atoms. The normalized spacial score (nSPS) is 14.1. The zero-order valence-corrected chi connectivity index (χ0v) is 22.8. The quantitative estimate of drug-likeness (QED) is 0.278. The van der Waals surface area contributed by atoms with Crippen LogP contribution in [-0.4, -0.2) is 80.3 Å². The molecule has 4 aromatic rings. The third-order valence-corrected chi connectivity index (χ3v) is 7.28. The molecule has 1 amide bonds. The Morgan fingerprint density at radius 2 is 1.86 bits per heavy atom. The summed E-state index contributed by atoms with van der Waals surface area (Å²) in [5.74, 6) is -1.23. The van der Waals surface area contributed by atoms with E-state index in [-0.39, 0.29) is 47.2 Å². The summed E-state index contributed by atoms with van der Waals surface area (Å²) in [5, 5.41) is 9.18. The van der Waals surface area contributed by atoms with Gasteiger partial charge in [0.25, 0.3) is 5.91 Å². The number of carbonyl (C=O) groups excluding carboxylic acids is 1. The molecular formula is C28H29F4N7O3. The zero-order valence-electron chi connectivity index (χ0n) is 22.8. The average Bonchev–Trinajstić information content (AvgIpc) is 3.33. The van der Waals surface area contributed by atoms with Gasteiger partial charge in [-0.3, -0.25) is 4.79 Å². The second kappa shape index (κ2) is 12.7. The van der Waals surface area contributed by atoms with Crippen LogP contribution in [0.15, 0.2) is 43.1 Å². The Hall–Kier alpha value is -4.33. The molecule has 1 aromatic carbocycles. The van der Waals surface area contributed by atoms with Crippen LogP contribution in [-0.2, 0) is 6.42 Å². The minimum Gasteiger partial charge on any atom is -0.432 e. The van der Waals surface area contributed by atoms with Gasteiger partial charge in [-0.25, -0.2) is 28.7 Å². The van der Waals surface area contributed by atoms with Crippen LogP contribution in [0.1, 0.15) is 46.9 Å².